The number of ether oxygens (including phenoxy) is 2. The molecule has 0 saturated heterocycles. The molecule has 0 aromatic rings. The number of nitrogens with one attached hydrogen (secondary N) is 4. The minimum absolute atomic E-state index is 0.242. The zero-order chi connectivity index (χ0) is 53.8. The molecule has 8 rings (SSSR count). The van der Waals surface area contributed by atoms with Crippen LogP contribution in [0.4, 0.5) is 0 Å². The van der Waals surface area contributed by atoms with Gasteiger partial charge in [-0.05, 0) is 299 Å². The van der Waals surface area contributed by atoms with Crippen LogP contribution in [0.2, 0.25) is 0 Å². The lowest BCUT2D eigenvalue weighted by atomic mass is 9.44. The molecular formula is C66H118N6O4. The van der Waals surface area contributed by atoms with Crippen molar-refractivity contribution in [3.8, 4) is 0 Å². The average molecular weight is 1060 g/mol. The van der Waals surface area contributed by atoms with Gasteiger partial charge in [0.15, 0.2) is 0 Å². The van der Waals surface area contributed by atoms with Crippen LogP contribution >= 0.6 is 0 Å². The molecular weight excluding hydrogens is 941 g/mol. The van der Waals surface area contributed by atoms with Gasteiger partial charge in [0.1, 0.15) is 0 Å². The van der Waals surface area contributed by atoms with Crippen molar-refractivity contribution in [3.05, 3.63) is 12.2 Å². The molecule has 0 aliphatic heterocycles. The minimum Gasteiger partial charge on any atom is -0.374 e. The summed E-state index contributed by atoms with van der Waals surface area (Å²) in [5.74, 6) is 10.0. The summed E-state index contributed by atoms with van der Waals surface area (Å²) in [5.41, 5.74) is 13.0. The first-order valence-corrected chi connectivity index (χ1v) is 33.0. The van der Waals surface area contributed by atoms with Crippen molar-refractivity contribution >= 4 is 11.8 Å². The van der Waals surface area contributed by atoms with Gasteiger partial charge in [-0.25, -0.2) is 0 Å². The van der Waals surface area contributed by atoms with Crippen LogP contribution in [-0.4, -0.2) is 89.6 Å². The van der Waals surface area contributed by atoms with Crippen molar-refractivity contribution in [1.29, 1.82) is 0 Å². The fourth-order valence-electron chi connectivity index (χ4n) is 20.4. The van der Waals surface area contributed by atoms with E-state index in [0.29, 0.717) is 58.5 Å². The van der Waals surface area contributed by atoms with Gasteiger partial charge in [-0.15, -0.1) is 0 Å². The van der Waals surface area contributed by atoms with Crippen LogP contribution < -0.4 is 32.7 Å². The summed E-state index contributed by atoms with van der Waals surface area (Å²) in [4.78, 5) is 25.7. The summed E-state index contributed by atoms with van der Waals surface area (Å²) in [6.07, 6.45) is 39.4. The summed E-state index contributed by atoms with van der Waals surface area (Å²) >= 11 is 0. The Bertz CT molecular complexity index is 1690. The lowest BCUT2D eigenvalue weighted by molar-refractivity contribution is -0.135. The van der Waals surface area contributed by atoms with Crippen molar-refractivity contribution in [2.45, 2.75) is 234 Å². The maximum Gasteiger partial charge on any atom is 0.220 e. The predicted octanol–water partition coefficient (Wildman–Crippen LogP) is 12.1. The Morgan fingerprint density at radius 1 is 0.487 bits per heavy atom. The van der Waals surface area contributed by atoms with Crippen molar-refractivity contribution in [3.63, 3.8) is 0 Å². The number of amides is 2. The Kier molecular flexibility index (Phi) is 22.6. The summed E-state index contributed by atoms with van der Waals surface area (Å²) in [6, 6.07) is 0. The van der Waals surface area contributed by atoms with Crippen LogP contribution in [-0.2, 0) is 19.1 Å². The first-order valence-electron chi connectivity index (χ1n) is 33.0. The first kappa shape index (κ1) is 60.5. The molecule has 8 aliphatic carbocycles. The van der Waals surface area contributed by atoms with Gasteiger partial charge in [-0.3, -0.25) is 9.59 Å². The molecule has 8 saturated carbocycles. The van der Waals surface area contributed by atoms with E-state index < -0.39 is 0 Å². The molecule has 18 atom stereocenters. The Morgan fingerprint density at radius 3 is 1.30 bits per heavy atom. The second kappa shape index (κ2) is 28.4. The normalized spacial score (nSPS) is 39.5. The number of rotatable bonds is 30. The number of nitrogens with two attached hydrogens (primary N) is 2. The van der Waals surface area contributed by atoms with E-state index in [4.69, 9.17) is 20.9 Å². The van der Waals surface area contributed by atoms with E-state index in [0.717, 1.165) is 176 Å². The molecule has 0 aromatic heterocycles. The number of carbonyl (C=O) groups is 2. The van der Waals surface area contributed by atoms with Gasteiger partial charge in [0.25, 0.3) is 0 Å². The zero-order valence-corrected chi connectivity index (χ0v) is 49.9. The Hall–Kier alpha value is -1.56. The van der Waals surface area contributed by atoms with Gasteiger partial charge in [-0.1, -0.05) is 53.7 Å². The predicted molar refractivity (Wildman–Crippen MR) is 313 cm³/mol. The molecule has 0 spiro atoms. The average Bonchev–Trinajstić information content (AvgIpc) is 3.97. The van der Waals surface area contributed by atoms with Gasteiger partial charge in [-0.2, -0.15) is 0 Å². The number of hydrogen-bond donors (Lipinski definition) is 6. The van der Waals surface area contributed by atoms with E-state index in [9.17, 15) is 9.59 Å². The summed E-state index contributed by atoms with van der Waals surface area (Å²) in [5, 5.41) is 13.4. The van der Waals surface area contributed by atoms with Gasteiger partial charge in [0.05, 0.1) is 25.4 Å². The highest BCUT2D eigenvalue weighted by molar-refractivity contribution is 5.76. The molecule has 8 fully saturated rings. The van der Waals surface area contributed by atoms with Crippen LogP contribution in [0, 0.1) is 92.7 Å². The third-order valence-corrected chi connectivity index (χ3v) is 24.8. The molecule has 0 radical (unpaired) electrons. The van der Waals surface area contributed by atoms with E-state index in [2.05, 4.69) is 75.0 Å². The monoisotopic (exact) mass is 1060 g/mol. The minimum atomic E-state index is 0.242. The first-order chi connectivity index (χ1) is 36.7. The van der Waals surface area contributed by atoms with E-state index in [1.165, 1.54) is 116 Å². The Labute approximate surface area is 465 Å². The van der Waals surface area contributed by atoms with Gasteiger partial charge in [0, 0.05) is 25.9 Å². The fourth-order valence-corrected chi connectivity index (χ4v) is 20.4. The molecule has 0 aromatic carbocycles. The Balaban J connectivity index is 0.698. The van der Waals surface area contributed by atoms with Gasteiger partial charge >= 0.3 is 0 Å². The van der Waals surface area contributed by atoms with Crippen LogP contribution in [0.3, 0.4) is 0 Å². The highest BCUT2D eigenvalue weighted by Gasteiger charge is 2.62. The third-order valence-electron chi connectivity index (χ3n) is 24.8. The fraction of sp³-hybridized carbons (Fsp3) is 0.939. The molecule has 8 aliphatic rings. The lowest BCUT2D eigenvalue weighted by Gasteiger charge is -2.61. The highest BCUT2D eigenvalue weighted by Crippen LogP contribution is 2.70. The Morgan fingerprint density at radius 2 is 0.882 bits per heavy atom. The van der Waals surface area contributed by atoms with Crippen LogP contribution in [0.25, 0.3) is 0 Å². The SMILES string of the molecule is C[C@H](CCC(=O)NCCCNCCCCN)C1CCC2C3CCC4CC(OC/C=C/CO[C@@H]5CC[C@]6(C)C(CCC7C6CC[C@]6(C)C7CCC6[C@H](C)CCC(=O)NCCCNCCCCN)C5)CC[C@]4(C)C3CC[C@@]21C. The van der Waals surface area contributed by atoms with Gasteiger partial charge < -0.3 is 42.2 Å². The second-order valence-electron chi connectivity index (χ2n) is 28.6. The van der Waals surface area contributed by atoms with Crippen LogP contribution in [0.5, 0.6) is 0 Å². The van der Waals surface area contributed by atoms with E-state index >= 15 is 0 Å². The van der Waals surface area contributed by atoms with Crippen molar-refractivity contribution in [1.82, 2.24) is 21.3 Å². The molecule has 11 unspecified atom stereocenters. The maximum atomic E-state index is 12.8. The van der Waals surface area contributed by atoms with Crippen molar-refractivity contribution in [2.75, 3.05) is 65.6 Å². The largest absolute Gasteiger partial charge is 0.374 e. The molecule has 10 nitrogen and oxygen atoms in total. The van der Waals surface area contributed by atoms with Crippen LogP contribution in [0.1, 0.15) is 221 Å². The second-order valence-corrected chi connectivity index (χ2v) is 28.6. The topological polar surface area (TPSA) is 153 Å². The van der Waals surface area contributed by atoms with Gasteiger partial charge in [0.2, 0.25) is 11.8 Å². The molecule has 0 bridgehead atoms. The zero-order valence-electron chi connectivity index (χ0n) is 49.9. The number of carbonyl (C=O) groups excluding carboxylic acids is 2. The molecule has 436 valence electrons. The lowest BCUT2D eigenvalue weighted by Crippen LogP contribution is -2.54. The summed E-state index contributed by atoms with van der Waals surface area (Å²) in [7, 11) is 0. The molecule has 8 N–H and O–H groups in total. The quantitative estimate of drug-likeness (QED) is 0.0307. The van der Waals surface area contributed by atoms with E-state index in [1.807, 2.05) is 0 Å². The maximum absolute atomic E-state index is 12.8. The molecule has 10 heteroatoms. The summed E-state index contributed by atoms with van der Waals surface area (Å²) in [6.45, 7) is 24.2. The third kappa shape index (κ3) is 14.2. The van der Waals surface area contributed by atoms with E-state index in [-0.39, 0.29) is 11.8 Å². The van der Waals surface area contributed by atoms with Crippen molar-refractivity contribution < 1.29 is 19.1 Å². The standard InChI is InChI=1S/C66H118N6O4/c1-47(15-25-61(73)71-41-13-39-69-37-9-7-35-67)55-21-23-57-53-19-17-49-45-51(27-31-63(49,3)59(53)29-33-65(55,57)5)75-43-11-12-44-76-52-28-32-64(4)50(46-52)18-20-54-58-24-22-56(66(58,6)34-30-60(54)64)48(2)16-26-62(74)72-42-14-40-70-38-10-8-36-68/h11-12,47-60,69-70H,7-10,13-46,67-68H2,1-6H3,(H,71,73)(H,72,74)/b12-11+/t47-,48-,49?,50?,51-,52?,53?,54?,55?,56?,57?,58?,59?,60?,63-,64+,65+,66-/m1/s1. The summed E-state index contributed by atoms with van der Waals surface area (Å²) < 4.78 is 13.3. The molecule has 76 heavy (non-hydrogen) atoms. The smallest absolute Gasteiger partial charge is 0.220 e. The molecule has 2 amide bonds. The number of hydrogen-bond acceptors (Lipinski definition) is 8. The molecule has 0 heterocycles. The van der Waals surface area contributed by atoms with Crippen LogP contribution in [0.15, 0.2) is 12.2 Å². The van der Waals surface area contributed by atoms with E-state index in [1.54, 1.807) is 0 Å². The number of fused-ring (bicyclic) bond motifs is 10. The van der Waals surface area contributed by atoms with Crippen molar-refractivity contribution in [2.24, 2.45) is 104 Å². The number of unbranched alkanes of at least 4 members (excludes halogenated alkanes) is 2. The highest BCUT2D eigenvalue weighted by atomic mass is 16.5.